The molecule has 1 aromatic heterocycles. The van der Waals surface area contributed by atoms with Crippen LogP contribution in [0.25, 0.3) is 0 Å². The summed E-state index contributed by atoms with van der Waals surface area (Å²) in [7, 11) is 0. The van der Waals surface area contributed by atoms with Crippen LogP contribution in [-0.4, -0.2) is 10.8 Å². The van der Waals surface area contributed by atoms with Gasteiger partial charge >= 0.3 is 5.88 Å². The van der Waals surface area contributed by atoms with E-state index in [9.17, 15) is 10.1 Å². The van der Waals surface area contributed by atoms with E-state index in [0.717, 1.165) is 28.6 Å². The smallest absolute Gasteiger partial charge is 0.433 e. The predicted octanol–water partition coefficient (Wildman–Crippen LogP) is 5.07. The van der Waals surface area contributed by atoms with Gasteiger partial charge in [0.2, 0.25) is 0 Å². The number of rotatable bonds is 4. The van der Waals surface area contributed by atoms with E-state index in [1.165, 1.54) is 12.1 Å². The van der Waals surface area contributed by atoms with Gasteiger partial charge in [-0.2, -0.15) is 0 Å². The van der Waals surface area contributed by atoms with E-state index in [-0.39, 0.29) is 17.5 Å². The molecule has 0 spiro atoms. The van der Waals surface area contributed by atoms with E-state index >= 15 is 0 Å². The van der Waals surface area contributed by atoms with Crippen molar-refractivity contribution in [3.8, 4) is 0 Å². The van der Waals surface area contributed by atoms with Gasteiger partial charge in [0.05, 0.1) is 11.8 Å². The highest BCUT2D eigenvalue weighted by Crippen LogP contribution is 2.44. The molecule has 0 atom stereocenters. The molecular formula is C16H15BrN2O4. The molecule has 1 aliphatic rings. The zero-order valence-corrected chi connectivity index (χ0v) is 14.3. The first-order valence-corrected chi connectivity index (χ1v) is 8.10. The lowest BCUT2D eigenvalue weighted by Crippen LogP contribution is -2.34. The third-order valence-electron chi connectivity index (χ3n) is 4.09. The first kappa shape index (κ1) is 15.7. The Morgan fingerprint density at radius 1 is 1.26 bits per heavy atom. The summed E-state index contributed by atoms with van der Waals surface area (Å²) in [6.07, 6.45) is 1.49. The van der Waals surface area contributed by atoms with Crippen molar-refractivity contribution in [3.63, 3.8) is 0 Å². The zero-order valence-electron chi connectivity index (χ0n) is 12.7. The number of nitro groups is 1. The Labute approximate surface area is 141 Å². The van der Waals surface area contributed by atoms with Gasteiger partial charge in [0.1, 0.15) is 10.5 Å². The number of fused-ring (bicyclic) bond motifs is 1. The third kappa shape index (κ3) is 2.65. The maximum absolute atomic E-state index is 10.8. The van der Waals surface area contributed by atoms with Gasteiger partial charge in [-0.3, -0.25) is 10.1 Å². The SMILES string of the molecule is CCC1(CC)OC(c2ccc([N+](=O)[O-])o2)=Nc2ccc(Br)cc21. The molecule has 1 aromatic carbocycles. The second-order valence-corrected chi connectivity index (χ2v) is 6.19. The second-order valence-electron chi connectivity index (χ2n) is 5.28. The lowest BCUT2D eigenvalue weighted by atomic mass is 9.86. The lowest BCUT2D eigenvalue weighted by Gasteiger charge is -2.37. The zero-order chi connectivity index (χ0) is 16.6. The van der Waals surface area contributed by atoms with Crippen LogP contribution in [0.4, 0.5) is 11.6 Å². The van der Waals surface area contributed by atoms with E-state index < -0.39 is 10.5 Å². The minimum absolute atomic E-state index is 0.261. The number of aliphatic imine (C=N–C) groups is 1. The van der Waals surface area contributed by atoms with Crippen LogP contribution in [0.15, 0.2) is 44.2 Å². The summed E-state index contributed by atoms with van der Waals surface area (Å²) in [4.78, 5) is 14.7. The molecule has 0 bridgehead atoms. The first-order valence-electron chi connectivity index (χ1n) is 7.31. The average Bonchev–Trinajstić information content (AvgIpc) is 3.04. The van der Waals surface area contributed by atoms with E-state index in [2.05, 4.69) is 20.9 Å². The molecule has 7 heteroatoms. The van der Waals surface area contributed by atoms with Crippen molar-refractivity contribution in [1.82, 2.24) is 0 Å². The minimum Gasteiger partial charge on any atom is -0.463 e. The van der Waals surface area contributed by atoms with Crippen molar-refractivity contribution in [2.45, 2.75) is 32.3 Å². The Hall–Kier alpha value is -2.15. The molecule has 120 valence electrons. The highest BCUT2D eigenvalue weighted by Gasteiger charge is 2.39. The fourth-order valence-electron chi connectivity index (χ4n) is 2.76. The van der Waals surface area contributed by atoms with Gasteiger partial charge in [0.15, 0.2) is 5.76 Å². The van der Waals surface area contributed by atoms with Crippen molar-refractivity contribution in [2.75, 3.05) is 0 Å². The third-order valence-corrected chi connectivity index (χ3v) is 4.58. The van der Waals surface area contributed by atoms with Crippen LogP contribution >= 0.6 is 15.9 Å². The lowest BCUT2D eigenvalue weighted by molar-refractivity contribution is -0.402. The van der Waals surface area contributed by atoms with E-state index in [4.69, 9.17) is 9.15 Å². The summed E-state index contributed by atoms with van der Waals surface area (Å²) in [5, 5.41) is 10.8. The van der Waals surface area contributed by atoms with Crippen LogP contribution in [0, 0.1) is 10.1 Å². The molecule has 23 heavy (non-hydrogen) atoms. The normalized spacial score (nSPS) is 15.5. The molecule has 0 fully saturated rings. The standard InChI is InChI=1S/C16H15BrN2O4/c1-3-16(4-2)11-9-10(17)5-6-12(11)18-15(23-16)13-7-8-14(22-13)19(20)21/h5-9H,3-4H2,1-2H3. The Morgan fingerprint density at radius 3 is 2.61 bits per heavy atom. The fraction of sp³-hybridized carbons (Fsp3) is 0.312. The number of benzene rings is 1. The van der Waals surface area contributed by atoms with E-state index in [1.54, 1.807) is 0 Å². The predicted molar refractivity (Wildman–Crippen MR) is 89.0 cm³/mol. The minimum atomic E-state index is -0.579. The number of halogens is 1. The van der Waals surface area contributed by atoms with Crippen molar-refractivity contribution in [2.24, 2.45) is 4.99 Å². The number of furan rings is 1. The molecule has 3 rings (SSSR count). The van der Waals surface area contributed by atoms with Gasteiger partial charge in [-0.15, -0.1) is 0 Å². The molecular weight excluding hydrogens is 364 g/mol. The summed E-state index contributed by atoms with van der Waals surface area (Å²) >= 11 is 3.48. The van der Waals surface area contributed by atoms with Crippen LogP contribution in [0.5, 0.6) is 0 Å². The molecule has 0 unspecified atom stereocenters. The van der Waals surface area contributed by atoms with Crippen LogP contribution < -0.4 is 0 Å². The molecule has 2 aromatic rings. The molecule has 0 N–H and O–H groups in total. The maximum Gasteiger partial charge on any atom is 0.433 e. The van der Waals surface area contributed by atoms with E-state index in [0.29, 0.717) is 0 Å². The number of hydrogen-bond donors (Lipinski definition) is 0. The Morgan fingerprint density at radius 2 is 2.00 bits per heavy atom. The summed E-state index contributed by atoms with van der Waals surface area (Å²) in [6, 6.07) is 8.63. The van der Waals surface area contributed by atoms with Crippen molar-refractivity contribution in [3.05, 3.63) is 56.2 Å². The van der Waals surface area contributed by atoms with Gasteiger partial charge in [-0.05, 0) is 37.1 Å². The Balaban J connectivity index is 2.12. The van der Waals surface area contributed by atoms with Crippen molar-refractivity contribution in [1.29, 1.82) is 0 Å². The van der Waals surface area contributed by atoms with E-state index in [1.807, 2.05) is 32.0 Å². The summed E-state index contributed by atoms with van der Waals surface area (Å²) in [5.41, 5.74) is 1.26. The van der Waals surface area contributed by atoms with Crippen LogP contribution in [0.1, 0.15) is 38.0 Å². The van der Waals surface area contributed by atoms with Crippen LogP contribution in [0.3, 0.4) is 0 Å². The highest BCUT2D eigenvalue weighted by molar-refractivity contribution is 9.10. The quantitative estimate of drug-likeness (QED) is 0.549. The number of ether oxygens (including phenoxy) is 1. The molecule has 0 saturated heterocycles. The molecule has 6 nitrogen and oxygen atoms in total. The largest absolute Gasteiger partial charge is 0.463 e. The van der Waals surface area contributed by atoms with Gasteiger partial charge in [0, 0.05) is 10.0 Å². The topological polar surface area (TPSA) is 77.9 Å². The van der Waals surface area contributed by atoms with Gasteiger partial charge in [-0.1, -0.05) is 29.8 Å². The fourth-order valence-corrected chi connectivity index (χ4v) is 3.13. The monoisotopic (exact) mass is 378 g/mol. The van der Waals surface area contributed by atoms with Gasteiger partial charge < -0.3 is 9.15 Å². The Kier molecular flexibility index (Phi) is 3.97. The first-order chi connectivity index (χ1) is 11.0. The highest BCUT2D eigenvalue weighted by atomic mass is 79.9. The molecule has 0 amide bonds. The molecule has 0 saturated carbocycles. The van der Waals surface area contributed by atoms with Crippen LogP contribution in [0.2, 0.25) is 0 Å². The summed E-state index contributed by atoms with van der Waals surface area (Å²) in [6.45, 7) is 4.09. The molecule has 1 aliphatic heterocycles. The molecule has 0 radical (unpaired) electrons. The number of nitrogens with zero attached hydrogens (tertiary/aromatic N) is 2. The van der Waals surface area contributed by atoms with Crippen molar-refractivity contribution >= 4 is 33.4 Å². The van der Waals surface area contributed by atoms with Crippen LogP contribution in [-0.2, 0) is 10.3 Å². The Bertz CT molecular complexity index is 793. The van der Waals surface area contributed by atoms with Crippen molar-refractivity contribution < 1.29 is 14.1 Å². The number of hydrogen-bond acceptors (Lipinski definition) is 5. The molecule has 2 heterocycles. The van der Waals surface area contributed by atoms with Gasteiger partial charge in [0.25, 0.3) is 5.90 Å². The maximum atomic E-state index is 10.8. The molecule has 0 aliphatic carbocycles. The summed E-state index contributed by atoms with van der Waals surface area (Å²) in [5.74, 6) is 0.208. The van der Waals surface area contributed by atoms with Gasteiger partial charge in [-0.25, -0.2) is 4.99 Å². The second kappa shape index (κ2) is 5.81. The summed E-state index contributed by atoms with van der Waals surface area (Å²) < 4.78 is 12.3. The average molecular weight is 379 g/mol.